The van der Waals surface area contributed by atoms with E-state index in [2.05, 4.69) is 5.32 Å². The summed E-state index contributed by atoms with van der Waals surface area (Å²) >= 11 is 0. The fraction of sp³-hybridized carbons (Fsp3) is 0.176. The highest BCUT2D eigenvalue weighted by Gasteiger charge is 2.36. The molecule has 0 saturated carbocycles. The molecule has 1 N–H and O–H groups in total. The maximum Gasteiger partial charge on any atom is 0.329 e. The number of allylic oxidation sites excluding steroid dienone is 3. The average molecular weight is 313 g/mol. The number of carbonyl (C=O) groups is 4. The average Bonchev–Trinajstić information content (AvgIpc) is 2.45. The topological polar surface area (TPSA) is 89.5 Å². The molecule has 23 heavy (non-hydrogen) atoms. The third-order valence-electron chi connectivity index (χ3n) is 3.08. The second-order valence-corrected chi connectivity index (χ2v) is 5.05. The van der Waals surface area contributed by atoms with Gasteiger partial charge in [-0.3, -0.25) is 19.2 Å². The lowest BCUT2D eigenvalue weighted by molar-refractivity contribution is -0.151. The Morgan fingerprint density at radius 2 is 1.83 bits per heavy atom. The minimum Gasteiger partial charge on any atom is -0.430 e. The summed E-state index contributed by atoms with van der Waals surface area (Å²) in [6.45, 7) is 2.88. The highest BCUT2D eigenvalue weighted by molar-refractivity contribution is 6.25. The molecule has 0 saturated heterocycles. The van der Waals surface area contributed by atoms with Crippen LogP contribution in [0.5, 0.6) is 0 Å². The number of ether oxygens (including phenoxy) is 1. The van der Waals surface area contributed by atoms with Gasteiger partial charge in [0.1, 0.15) is 5.76 Å². The Morgan fingerprint density at radius 1 is 1.17 bits per heavy atom. The van der Waals surface area contributed by atoms with Crippen LogP contribution in [0, 0.1) is 5.92 Å². The standard InChI is InChI=1S/C17H15NO5/c1-10-9-15(21)16(17(22)23-10)14(20)8-5-12-3-6-13(7-4-12)18-11(2)19/h3-9,16H,1-2H3,(H,18,19). The lowest BCUT2D eigenvalue weighted by Gasteiger charge is -2.15. The van der Waals surface area contributed by atoms with Gasteiger partial charge in [-0.1, -0.05) is 18.2 Å². The Bertz CT molecular complexity index is 728. The molecule has 0 aromatic heterocycles. The fourth-order valence-corrected chi connectivity index (χ4v) is 2.06. The second kappa shape index (κ2) is 6.83. The number of carbonyl (C=O) groups excluding carboxylic acids is 4. The van der Waals surface area contributed by atoms with Crippen LogP contribution in [0.4, 0.5) is 5.69 Å². The number of cyclic esters (lactones) is 1. The minimum atomic E-state index is -1.44. The molecule has 6 heteroatoms. The van der Waals surface area contributed by atoms with Crippen molar-refractivity contribution in [3.63, 3.8) is 0 Å². The van der Waals surface area contributed by atoms with Gasteiger partial charge in [-0.15, -0.1) is 0 Å². The Kier molecular flexibility index (Phi) is 4.85. The van der Waals surface area contributed by atoms with Gasteiger partial charge in [0, 0.05) is 18.7 Å². The molecular weight excluding hydrogens is 298 g/mol. The maximum absolute atomic E-state index is 12.0. The molecule has 0 fully saturated rings. The molecule has 1 heterocycles. The molecular formula is C17H15NO5. The monoisotopic (exact) mass is 313 g/mol. The van der Waals surface area contributed by atoms with Gasteiger partial charge in [-0.2, -0.15) is 0 Å². The molecule has 0 aliphatic carbocycles. The van der Waals surface area contributed by atoms with E-state index in [9.17, 15) is 19.2 Å². The summed E-state index contributed by atoms with van der Waals surface area (Å²) in [6.07, 6.45) is 3.80. The zero-order valence-electron chi connectivity index (χ0n) is 12.7. The first-order valence-corrected chi connectivity index (χ1v) is 6.90. The number of hydrogen-bond donors (Lipinski definition) is 1. The normalized spacial score (nSPS) is 17.7. The van der Waals surface area contributed by atoms with Crippen LogP contribution in [-0.2, 0) is 23.9 Å². The number of nitrogens with one attached hydrogen (secondary N) is 1. The predicted octanol–water partition coefficient (Wildman–Crippen LogP) is 1.87. The first kappa shape index (κ1) is 16.4. The zero-order chi connectivity index (χ0) is 17.0. The van der Waals surface area contributed by atoms with Crippen LogP contribution in [0.2, 0.25) is 0 Å². The van der Waals surface area contributed by atoms with E-state index >= 15 is 0 Å². The van der Waals surface area contributed by atoms with Crippen molar-refractivity contribution in [1.82, 2.24) is 0 Å². The van der Waals surface area contributed by atoms with Crippen molar-refractivity contribution in [2.75, 3.05) is 5.32 Å². The quantitative estimate of drug-likeness (QED) is 0.521. The van der Waals surface area contributed by atoms with Crippen LogP contribution >= 0.6 is 0 Å². The first-order chi connectivity index (χ1) is 10.9. The fourth-order valence-electron chi connectivity index (χ4n) is 2.06. The summed E-state index contributed by atoms with van der Waals surface area (Å²) in [7, 11) is 0. The number of benzene rings is 1. The van der Waals surface area contributed by atoms with E-state index in [1.807, 2.05) is 0 Å². The zero-order valence-corrected chi connectivity index (χ0v) is 12.7. The Balaban J connectivity index is 2.08. The molecule has 0 spiro atoms. The Hall–Kier alpha value is -3.02. The van der Waals surface area contributed by atoms with Crippen LogP contribution in [-0.4, -0.2) is 23.4 Å². The van der Waals surface area contributed by atoms with E-state index in [1.54, 1.807) is 24.3 Å². The molecule has 1 aliphatic rings. The lowest BCUT2D eigenvalue weighted by atomic mass is 9.96. The number of amides is 1. The van der Waals surface area contributed by atoms with E-state index in [1.165, 1.54) is 26.0 Å². The number of esters is 1. The van der Waals surface area contributed by atoms with Gasteiger partial charge in [-0.05, 0) is 30.7 Å². The van der Waals surface area contributed by atoms with Gasteiger partial charge in [0.25, 0.3) is 0 Å². The molecule has 118 valence electrons. The summed E-state index contributed by atoms with van der Waals surface area (Å²) < 4.78 is 4.80. The first-order valence-electron chi connectivity index (χ1n) is 6.90. The van der Waals surface area contributed by atoms with E-state index in [0.29, 0.717) is 11.3 Å². The van der Waals surface area contributed by atoms with E-state index < -0.39 is 23.5 Å². The highest BCUT2D eigenvalue weighted by atomic mass is 16.5. The number of ketones is 2. The predicted molar refractivity (Wildman–Crippen MR) is 83.1 cm³/mol. The molecule has 1 unspecified atom stereocenters. The van der Waals surface area contributed by atoms with Crippen molar-refractivity contribution in [2.45, 2.75) is 13.8 Å². The van der Waals surface area contributed by atoms with E-state index in [-0.39, 0.29) is 11.7 Å². The SMILES string of the molecule is CC(=O)Nc1ccc(C=CC(=O)C2C(=O)C=C(C)OC2=O)cc1. The minimum absolute atomic E-state index is 0.179. The molecule has 0 bridgehead atoms. The van der Waals surface area contributed by atoms with Crippen LogP contribution < -0.4 is 5.32 Å². The largest absolute Gasteiger partial charge is 0.430 e. The van der Waals surface area contributed by atoms with Crippen LogP contribution in [0.1, 0.15) is 19.4 Å². The molecule has 1 amide bonds. The van der Waals surface area contributed by atoms with Gasteiger partial charge in [-0.25, -0.2) is 0 Å². The van der Waals surface area contributed by atoms with Gasteiger partial charge in [0.05, 0.1) is 0 Å². The van der Waals surface area contributed by atoms with Crippen LogP contribution in [0.25, 0.3) is 6.08 Å². The van der Waals surface area contributed by atoms with Crippen molar-refractivity contribution in [3.8, 4) is 0 Å². The Labute approximate surface area is 132 Å². The summed E-state index contributed by atoms with van der Waals surface area (Å²) in [4.78, 5) is 46.3. The van der Waals surface area contributed by atoms with Crippen LogP contribution in [0.15, 0.2) is 42.2 Å². The second-order valence-electron chi connectivity index (χ2n) is 5.05. The third-order valence-corrected chi connectivity index (χ3v) is 3.08. The molecule has 1 aromatic rings. The summed E-state index contributed by atoms with van der Waals surface area (Å²) in [6, 6.07) is 6.75. The van der Waals surface area contributed by atoms with E-state index in [0.717, 1.165) is 6.08 Å². The molecule has 6 nitrogen and oxygen atoms in total. The molecule has 2 rings (SSSR count). The maximum atomic E-state index is 12.0. The highest BCUT2D eigenvalue weighted by Crippen LogP contribution is 2.17. The lowest BCUT2D eigenvalue weighted by Crippen LogP contribution is -2.34. The number of hydrogen-bond acceptors (Lipinski definition) is 5. The smallest absolute Gasteiger partial charge is 0.329 e. The van der Waals surface area contributed by atoms with E-state index in [4.69, 9.17) is 4.74 Å². The van der Waals surface area contributed by atoms with Gasteiger partial charge >= 0.3 is 5.97 Å². The van der Waals surface area contributed by atoms with Gasteiger partial charge in [0.2, 0.25) is 5.91 Å². The third kappa shape index (κ3) is 4.23. The number of anilines is 1. The molecule has 1 atom stereocenters. The molecule has 1 aliphatic heterocycles. The van der Waals surface area contributed by atoms with Crippen molar-refractivity contribution in [3.05, 3.63) is 47.7 Å². The molecule has 1 aromatic carbocycles. The summed E-state index contributed by atoms with van der Waals surface area (Å²) in [5.74, 6) is -3.49. The molecule has 0 radical (unpaired) electrons. The van der Waals surface area contributed by atoms with Gasteiger partial charge in [0.15, 0.2) is 17.5 Å². The van der Waals surface area contributed by atoms with Crippen molar-refractivity contribution < 1.29 is 23.9 Å². The summed E-state index contributed by atoms with van der Waals surface area (Å²) in [5.41, 5.74) is 1.32. The van der Waals surface area contributed by atoms with Crippen molar-refractivity contribution in [1.29, 1.82) is 0 Å². The van der Waals surface area contributed by atoms with Gasteiger partial charge < -0.3 is 10.1 Å². The van der Waals surface area contributed by atoms with Crippen molar-refractivity contribution >= 4 is 35.2 Å². The van der Waals surface area contributed by atoms with Crippen molar-refractivity contribution in [2.24, 2.45) is 5.92 Å². The number of rotatable bonds is 4. The summed E-state index contributed by atoms with van der Waals surface area (Å²) in [5, 5.41) is 2.62. The van der Waals surface area contributed by atoms with Crippen LogP contribution in [0.3, 0.4) is 0 Å². The Morgan fingerprint density at radius 3 is 2.39 bits per heavy atom.